The van der Waals surface area contributed by atoms with E-state index in [1.807, 2.05) is 13.8 Å². The third-order valence-corrected chi connectivity index (χ3v) is 4.17. The Morgan fingerprint density at radius 1 is 1.28 bits per heavy atom. The van der Waals surface area contributed by atoms with Crippen LogP contribution in [0.1, 0.15) is 46.0 Å². The zero-order valence-corrected chi connectivity index (χ0v) is 11.8. The number of hydrogen-bond acceptors (Lipinski definition) is 3. The van der Waals surface area contributed by atoms with Crippen molar-refractivity contribution in [1.82, 2.24) is 9.80 Å². The molecule has 2 aliphatic heterocycles. The van der Waals surface area contributed by atoms with Crippen molar-refractivity contribution in [3.63, 3.8) is 0 Å². The number of nitrogens with zero attached hydrogens (tertiary/aromatic N) is 2. The molecule has 104 valence electrons. The Hall–Kier alpha value is -0.610. The van der Waals surface area contributed by atoms with Crippen LogP contribution in [0.3, 0.4) is 0 Å². The van der Waals surface area contributed by atoms with Gasteiger partial charge in [-0.1, -0.05) is 6.42 Å². The number of hydrogen-bond donors (Lipinski definition) is 1. The maximum atomic E-state index is 12.2. The molecular formula is C14H27N3O. The second-order valence-corrected chi connectivity index (χ2v) is 6.51. The van der Waals surface area contributed by atoms with Gasteiger partial charge in [0, 0.05) is 37.6 Å². The monoisotopic (exact) mass is 253 g/mol. The molecule has 1 amide bonds. The Bertz CT molecular complexity index is 298. The van der Waals surface area contributed by atoms with Crippen molar-refractivity contribution in [1.29, 1.82) is 0 Å². The van der Waals surface area contributed by atoms with Crippen LogP contribution < -0.4 is 5.73 Å². The summed E-state index contributed by atoms with van der Waals surface area (Å²) in [6.45, 7) is 8.09. The SMILES string of the molecule is CC(C)(N)CCC(=O)N1CCN2CCCCC2C1. The second kappa shape index (κ2) is 5.57. The van der Waals surface area contributed by atoms with Crippen LogP contribution in [0.2, 0.25) is 0 Å². The Balaban J connectivity index is 1.81. The number of rotatable bonds is 3. The Labute approximate surface area is 110 Å². The van der Waals surface area contributed by atoms with Crippen LogP contribution in [-0.2, 0) is 4.79 Å². The number of carbonyl (C=O) groups is 1. The molecule has 2 N–H and O–H groups in total. The van der Waals surface area contributed by atoms with Gasteiger partial charge in [0.05, 0.1) is 0 Å². The van der Waals surface area contributed by atoms with Gasteiger partial charge in [-0.15, -0.1) is 0 Å². The van der Waals surface area contributed by atoms with Crippen LogP contribution in [0.25, 0.3) is 0 Å². The standard InChI is InChI=1S/C14H27N3O/c1-14(2,15)7-6-13(18)17-10-9-16-8-4-3-5-12(16)11-17/h12H,3-11,15H2,1-2H3. The summed E-state index contributed by atoms with van der Waals surface area (Å²) in [4.78, 5) is 16.8. The second-order valence-electron chi connectivity index (χ2n) is 6.51. The first-order chi connectivity index (χ1) is 8.46. The van der Waals surface area contributed by atoms with E-state index in [1.165, 1.54) is 25.8 Å². The maximum absolute atomic E-state index is 12.2. The molecule has 0 aliphatic carbocycles. The first kappa shape index (κ1) is 13.8. The predicted molar refractivity (Wildman–Crippen MR) is 73.3 cm³/mol. The van der Waals surface area contributed by atoms with Gasteiger partial charge >= 0.3 is 0 Å². The van der Waals surface area contributed by atoms with Crippen molar-refractivity contribution in [3.8, 4) is 0 Å². The molecule has 4 heteroatoms. The summed E-state index contributed by atoms with van der Waals surface area (Å²) in [7, 11) is 0. The van der Waals surface area contributed by atoms with Crippen molar-refractivity contribution < 1.29 is 4.79 Å². The normalized spacial score (nSPS) is 25.9. The average Bonchev–Trinajstić information content (AvgIpc) is 2.34. The number of piperazine rings is 1. The molecule has 2 saturated heterocycles. The van der Waals surface area contributed by atoms with Gasteiger partial charge in [0.25, 0.3) is 0 Å². The minimum atomic E-state index is -0.234. The minimum absolute atomic E-state index is 0.234. The van der Waals surface area contributed by atoms with Crippen molar-refractivity contribution in [3.05, 3.63) is 0 Å². The smallest absolute Gasteiger partial charge is 0.222 e. The molecule has 0 aromatic carbocycles. The molecule has 18 heavy (non-hydrogen) atoms. The van der Waals surface area contributed by atoms with E-state index in [2.05, 4.69) is 9.80 Å². The predicted octanol–water partition coefficient (Wildman–Crippen LogP) is 1.20. The highest BCUT2D eigenvalue weighted by molar-refractivity contribution is 5.76. The summed E-state index contributed by atoms with van der Waals surface area (Å²) in [5.74, 6) is 0.291. The number of piperidine rings is 1. The highest BCUT2D eigenvalue weighted by Gasteiger charge is 2.31. The third kappa shape index (κ3) is 3.69. The molecule has 2 fully saturated rings. The lowest BCUT2D eigenvalue weighted by Crippen LogP contribution is -2.56. The van der Waals surface area contributed by atoms with Gasteiger partial charge in [-0.2, -0.15) is 0 Å². The van der Waals surface area contributed by atoms with Gasteiger partial charge in [-0.25, -0.2) is 0 Å². The summed E-state index contributed by atoms with van der Waals surface area (Å²) in [6, 6.07) is 0.613. The summed E-state index contributed by atoms with van der Waals surface area (Å²) >= 11 is 0. The lowest BCUT2D eigenvalue weighted by Gasteiger charge is -2.44. The minimum Gasteiger partial charge on any atom is -0.340 e. The Morgan fingerprint density at radius 3 is 2.78 bits per heavy atom. The van der Waals surface area contributed by atoms with Crippen LogP contribution in [0, 0.1) is 0 Å². The topological polar surface area (TPSA) is 49.6 Å². The first-order valence-electron chi connectivity index (χ1n) is 7.26. The largest absolute Gasteiger partial charge is 0.340 e. The molecule has 0 bridgehead atoms. The molecule has 0 saturated carbocycles. The van der Waals surface area contributed by atoms with Crippen molar-refractivity contribution in [2.75, 3.05) is 26.2 Å². The fourth-order valence-corrected chi connectivity index (χ4v) is 2.97. The zero-order valence-electron chi connectivity index (χ0n) is 11.8. The molecule has 1 atom stereocenters. The van der Waals surface area contributed by atoms with Gasteiger partial charge in [0.1, 0.15) is 0 Å². The summed E-state index contributed by atoms with van der Waals surface area (Å²) in [6.07, 6.45) is 5.27. The van der Waals surface area contributed by atoms with E-state index < -0.39 is 0 Å². The molecule has 0 radical (unpaired) electrons. The van der Waals surface area contributed by atoms with Gasteiger partial charge in [0.15, 0.2) is 0 Å². The summed E-state index contributed by atoms with van der Waals surface area (Å²) in [5, 5.41) is 0. The summed E-state index contributed by atoms with van der Waals surface area (Å²) < 4.78 is 0. The molecule has 2 rings (SSSR count). The van der Waals surface area contributed by atoms with E-state index in [0.717, 1.165) is 26.1 Å². The zero-order chi connectivity index (χ0) is 13.2. The Morgan fingerprint density at radius 2 is 2.06 bits per heavy atom. The van der Waals surface area contributed by atoms with E-state index in [0.29, 0.717) is 18.4 Å². The van der Waals surface area contributed by atoms with E-state index in [-0.39, 0.29) is 5.54 Å². The quantitative estimate of drug-likeness (QED) is 0.822. The molecule has 0 aromatic rings. The van der Waals surface area contributed by atoms with Crippen LogP contribution in [-0.4, -0.2) is 53.5 Å². The highest BCUT2D eigenvalue weighted by Crippen LogP contribution is 2.22. The van der Waals surface area contributed by atoms with Crippen LogP contribution >= 0.6 is 0 Å². The maximum Gasteiger partial charge on any atom is 0.222 e. The third-order valence-electron chi connectivity index (χ3n) is 4.17. The molecular weight excluding hydrogens is 226 g/mol. The van der Waals surface area contributed by atoms with E-state index >= 15 is 0 Å². The molecule has 0 spiro atoms. The fraction of sp³-hybridized carbons (Fsp3) is 0.929. The molecule has 0 aromatic heterocycles. The first-order valence-corrected chi connectivity index (χ1v) is 7.26. The van der Waals surface area contributed by atoms with Crippen LogP contribution in [0.4, 0.5) is 0 Å². The van der Waals surface area contributed by atoms with E-state index in [4.69, 9.17) is 5.73 Å². The van der Waals surface area contributed by atoms with Gasteiger partial charge in [-0.3, -0.25) is 9.69 Å². The van der Waals surface area contributed by atoms with Gasteiger partial charge < -0.3 is 10.6 Å². The lowest BCUT2D eigenvalue weighted by atomic mass is 9.97. The molecule has 4 nitrogen and oxygen atoms in total. The number of fused-ring (bicyclic) bond motifs is 1. The summed E-state index contributed by atoms with van der Waals surface area (Å²) in [5.41, 5.74) is 5.71. The fourth-order valence-electron chi connectivity index (χ4n) is 2.97. The van der Waals surface area contributed by atoms with Crippen LogP contribution in [0.5, 0.6) is 0 Å². The molecule has 2 heterocycles. The number of carbonyl (C=O) groups excluding carboxylic acids is 1. The number of amides is 1. The molecule has 2 aliphatic rings. The van der Waals surface area contributed by atoms with Gasteiger partial charge in [0.2, 0.25) is 5.91 Å². The lowest BCUT2D eigenvalue weighted by molar-refractivity contribution is -0.135. The van der Waals surface area contributed by atoms with E-state index in [9.17, 15) is 4.79 Å². The van der Waals surface area contributed by atoms with Crippen molar-refractivity contribution >= 4 is 5.91 Å². The average molecular weight is 253 g/mol. The number of nitrogens with two attached hydrogens (primary N) is 1. The van der Waals surface area contributed by atoms with Crippen molar-refractivity contribution in [2.45, 2.75) is 57.5 Å². The van der Waals surface area contributed by atoms with E-state index in [1.54, 1.807) is 0 Å². The van der Waals surface area contributed by atoms with Crippen LogP contribution in [0.15, 0.2) is 0 Å². The Kier molecular flexibility index (Phi) is 4.28. The van der Waals surface area contributed by atoms with Crippen molar-refractivity contribution in [2.24, 2.45) is 5.73 Å². The van der Waals surface area contributed by atoms with Gasteiger partial charge in [-0.05, 0) is 39.7 Å². The highest BCUT2D eigenvalue weighted by atomic mass is 16.2. The molecule has 1 unspecified atom stereocenters.